The molecule has 0 saturated carbocycles. The Morgan fingerprint density at radius 2 is 2.00 bits per heavy atom. The van der Waals surface area contributed by atoms with Crippen molar-refractivity contribution in [1.29, 1.82) is 0 Å². The first-order valence-electron chi connectivity index (χ1n) is 6.10. The van der Waals surface area contributed by atoms with Crippen molar-refractivity contribution in [1.82, 2.24) is 15.2 Å². The molecule has 2 heterocycles. The second-order valence-corrected chi connectivity index (χ2v) is 5.03. The molecule has 0 fully saturated rings. The van der Waals surface area contributed by atoms with Crippen LogP contribution in [0.4, 0.5) is 4.39 Å². The smallest absolute Gasteiger partial charge is 0.277 e. The molecule has 1 aromatic carbocycles. The van der Waals surface area contributed by atoms with Crippen LogP contribution in [-0.4, -0.2) is 15.2 Å². The first-order chi connectivity index (χ1) is 10.2. The van der Waals surface area contributed by atoms with E-state index >= 15 is 0 Å². The van der Waals surface area contributed by atoms with Crippen molar-refractivity contribution in [3.8, 4) is 11.5 Å². The van der Waals surface area contributed by atoms with Crippen LogP contribution in [0.25, 0.3) is 11.5 Å². The highest BCUT2D eigenvalue weighted by molar-refractivity contribution is 7.98. The lowest BCUT2D eigenvalue weighted by molar-refractivity contribution is 0.414. The first kappa shape index (κ1) is 13.8. The second-order valence-electron chi connectivity index (χ2n) is 4.11. The van der Waals surface area contributed by atoms with Crippen LogP contribution in [0.2, 0.25) is 0 Å². The number of thioether (sulfide) groups is 1. The van der Waals surface area contributed by atoms with Crippen LogP contribution in [0.1, 0.15) is 11.6 Å². The van der Waals surface area contributed by atoms with Crippen molar-refractivity contribution in [3.63, 3.8) is 0 Å². The molecule has 6 nitrogen and oxygen atoms in total. The van der Waals surface area contributed by atoms with Gasteiger partial charge in [0.2, 0.25) is 11.8 Å². The molecule has 0 unspecified atom stereocenters. The number of hydrogen-bond acceptors (Lipinski definition) is 7. The molecule has 0 aliphatic carbocycles. The average Bonchev–Trinajstić information content (AvgIpc) is 3.15. The maximum absolute atomic E-state index is 12.9. The fraction of sp³-hybridized carbons (Fsp3) is 0.154. The van der Waals surface area contributed by atoms with Crippen LogP contribution in [-0.2, 0) is 12.3 Å². The van der Waals surface area contributed by atoms with Gasteiger partial charge in [-0.05, 0) is 24.3 Å². The van der Waals surface area contributed by atoms with Crippen molar-refractivity contribution >= 4 is 11.8 Å². The van der Waals surface area contributed by atoms with E-state index in [9.17, 15) is 4.39 Å². The minimum atomic E-state index is -0.298. The van der Waals surface area contributed by atoms with Crippen LogP contribution in [0, 0.1) is 5.82 Å². The first-order valence-corrected chi connectivity index (χ1v) is 7.09. The second kappa shape index (κ2) is 6.06. The van der Waals surface area contributed by atoms with Gasteiger partial charge < -0.3 is 14.6 Å². The highest BCUT2D eigenvalue weighted by Crippen LogP contribution is 2.24. The number of nitrogens with two attached hydrogens (primary N) is 1. The third-order valence-corrected chi connectivity index (χ3v) is 3.46. The zero-order valence-electron chi connectivity index (χ0n) is 10.8. The molecule has 0 amide bonds. The molecule has 0 saturated heterocycles. The summed E-state index contributed by atoms with van der Waals surface area (Å²) in [6, 6.07) is 5.95. The summed E-state index contributed by atoms with van der Waals surface area (Å²) >= 11 is 1.34. The topological polar surface area (TPSA) is 91.0 Å². The summed E-state index contributed by atoms with van der Waals surface area (Å²) in [6.07, 6.45) is 1.55. The van der Waals surface area contributed by atoms with Crippen LogP contribution in [0.3, 0.4) is 0 Å². The normalized spacial score (nSPS) is 11.0. The van der Waals surface area contributed by atoms with E-state index in [-0.39, 0.29) is 12.4 Å². The van der Waals surface area contributed by atoms with Gasteiger partial charge in [-0.2, -0.15) is 0 Å². The molecule has 0 aliphatic heterocycles. The van der Waals surface area contributed by atoms with Crippen molar-refractivity contribution in [2.75, 3.05) is 0 Å². The summed E-state index contributed by atoms with van der Waals surface area (Å²) in [5, 5.41) is 8.04. The van der Waals surface area contributed by atoms with Gasteiger partial charge >= 0.3 is 0 Å². The molecule has 2 N–H and O–H groups in total. The Bertz CT molecular complexity index is 726. The molecule has 108 valence electrons. The zero-order chi connectivity index (χ0) is 14.7. The Hall–Kier alpha value is -2.19. The Morgan fingerprint density at radius 3 is 2.71 bits per heavy atom. The maximum atomic E-state index is 12.9. The summed E-state index contributed by atoms with van der Waals surface area (Å²) in [7, 11) is 0. The molecule has 0 atom stereocenters. The molecule has 0 radical (unpaired) electrons. The van der Waals surface area contributed by atoms with E-state index in [1.165, 1.54) is 23.9 Å². The number of aromatic nitrogens is 3. The standard InChI is InChI=1S/C13H11FN4O2S/c14-9-3-1-8(2-4-9)12-16-10(6-19-12)7-21-13-18-17-11(5-15)20-13/h1-4,6H,5,7,15H2. The number of oxazole rings is 1. The fourth-order valence-corrected chi connectivity index (χ4v) is 2.27. The maximum Gasteiger partial charge on any atom is 0.277 e. The zero-order valence-corrected chi connectivity index (χ0v) is 11.6. The van der Waals surface area contributed by atoms with Gasteiger partial charge in [-0.1, -0.05) is 11.8 Å². The fourth-order valence-electron chi connectivity index (χ4n) is 1.61. The molecule has 3 rings (SSSR count). The average molecular weight is 306 g/mol. The van der Waals surface area contributed by atoms with Gasteiger partial charge in [-0.3, -0.25) is 0 Å². The Kier molecular flexibility index (Phi) is 3.98. The highest BCUT2D eigenvalue weighted by Gasteiger charge is 2.10. The van der Waals surface area contributed by atoms with Gasteiger partial charge in [-0.15, -0.1) is 10.2 Å². The SMILES string of the molecule is NCc1nnc(SCc2coc(-c3ccc(F)cc3)n2)o1. The van der Waals surface area contributed by atoms with E-state index in [1.54, 1.807) is 18.4 Å². The van der Waals surface area contributed by atoms with Gasteiger partial charge in [-0.25, -0.2) is 9.37 Å². The van der Waals surface area contributed by atoms with E-state index in [1.807, 2.05) is 0 Å². The van der Waals surface area contributed by atoms with E-state index in [4.69, 9.17) is 14.6 Å². The quantitative estimate of drug-likeness (QED) is 0.724. The number of hydrogen-bond donors (Lipinski definition) is 1. The predicted octanol–water partition coefficient (Wildman–Crippen LogP) is 2.61. The lowest BCUT2D eigenvalue weighted by Gasteiger charge is -1.94. The van der Waals surface area contributed by atoms with Crippen LogP contribution in [0.15, 0.2) is 44.6 Å². The Morgan fingerprint density at radius 1 is 1.19 bits per heavy atom. The lowest BCUT2D eigenvalue weighted by atomic mass is 10.2. The third kappa shape index (κ3) is 3.29. The molecule has 8 heteroatoms. The van der Waals surface area contributed by atoms with Crippen LogP contribution < -0.4 is 5.73 Å². The molecule has 0 bridgehead atoms. The number of nitrogens with zero attached hydrogens (tertiary/aromatic N) is 3. The van der Waals surface area contributed by atoms with Gasteiger partial charge in [0.1, 0.15) is 12.1 Å². The third-order valence-electron chi connectivity index (χ3n) is 2.61. The highest BCUT2D eigenvalue weighted by atomic mass is 32.2. The molecular formula is C13H11FN4O2S. The number of benzene rings is 1. The molecule has 2 aromatic heterocycles. The van der Waals surface area contributed by atoms with Gasteiger partial charge in [0.05, 0.1) is 12.2 Å². The lowest BCUT2D eigenvalue weighted by Crippen LogP contribution is -1.95. The minimum Gasteiger partial charge on any atom is -0.444 e. The molecular weight excluding hydrogens is 295 g/mol. The molecule has 3 aromatic rings. The largest absolute Gasteiger partial charge is 0.444 e. The molecule has 0 aliphatic rings. The van der Waals surface area contributed by atoms with E-state index in [0.29, 0.717) is 22.8 Å². The van der Waals surface area contributed by atoms with Crippen molar-refractivity contribution in [2.45, 2.75) is 17.5 Å². The van der Waals surface area contributed by atoms with Crippen molar-refractivity contribution < 1.29 is 13.2 Å². The van der Waals surface area contributed by atoms with Gasteiger partial charge in [0.15, 0.2) is 0 Å². The van der Waals surface area contributed by atoms with E-state index < -0.39 is 0 Å². The van der Waals surface area contributed by atoms with E-state index in [0.717, 1.165) is 11.3 Å². The van der Waals surface area contributed by atoms with Gasteiger partial charge in [0.25, 0.3) is 5.22 Å². The summed E-state index contributed by atoms with van der Waals surface area (Å²) in [5.74, 6) is 1.06. The number of halogens is 1. The van der Waals surface area contributed by atoms with Crippen LogP contribution in [0.5, 0.6) is 0 Å². The summed E-state index contributed by atoms with van der Waals surface area (Å²) < 4.78 is 23.5. The predicted molar refractivity (Wildman–Crippen MR) is 73.6 cm³/mol. The van der Waals surface area contributed by atoms with Crippen molar-refractivity contribution in [2.24, 2.45) is 5.73 Å². The summed E-state index contributed by atoms with van der Waals surface area (Å²) in [5.41, 5.74) is 6.84. The summed E-state index contributed by atoms with van der Waals surface area (Å²) in [6.45, 7) is 0.215. The monoisotopic (exact) mass is 306 g/mol. The Balaban J connectivity index is 1.66. The minimum absolute atomic E-state index is 0.215. The Labute approximate surface area is 123 Å². The van der Waals surface area contributed by atoms with Crippen LogP contribution >= 0.6 is 11.8 Å². The summed E-state index contributed by atoms with van der Waals surface area (Å²) in [4.78, 5) is 4.33. The van der Waals surface area contributed by atoms with Gasteiger partial charge in [0, 0.05) is 11.3 Å². The van der Waals surface area contributed by atoms with E-state index in [2.05, 4.69) is 15.2 Å². The molecule has 21 heavy (non-hydrogen) atoms. The van der Waals surface area contributed by atoms with Crippen molar-refractivity contribution in [3.05, 3.63) is 47.9 Å². The molecule has 0 spiro atoms. The number of rotatable bonds is 5.